The number of ether oxygens (including phenoxy) is 2. The molecule has 2 atom stereocenters. The maximum atomic E-state index is 14.7. The minimum atomic E-state index is -0.820. The molecule has 0 fully saturated rings. The van der Waals surface area contributed by atoms with Crippen molar-refractivity contribution in [2.24, 2.45) is 42.7 Å². The fraction of sp³-hybridized carbons (Fsp3) is 0.674. The number of anilines is 1. The molecule has 300 valence electrons. The van der Waals surface area contributed by atoms with Crippen molar-refractivity contribution in [3.8, 4) is 6.07 Å². The van der Waals surface area contributed by atoms with Gasteiger partial charge in [-0.3, -0.25) is 9.59 Å². The van der Waals surface area contributed by atoms with Crippen LogP contribution < -0.4 is 4.90 Å². The molecule has 0 aliphatic rings. The smallest absolute Gasteiger partial charge is 0.312 e. The number of nitrogens with zero attached hydrogens (tertiary/aromatic N) is 4. The fourth-order valence-corrected chi connectivity index (χ4v) is 9.44. The van der Waals surface area contributed by atoms with Gasteiger partial charge in [-0.25, -0.2) is 0 Å². The van der Waals surface area contributed by atoms with Crippen LogP contribution in [0.15, 0.2) is 58.8 Å². The number of esters is 2. The van der Waals surface area contributed by atoms with E-state index in [0.717, 1.165) is 56.4 Å². The Labute approximate surface area is 328 Å². The number of hydrogen-bond donors (Lipinski definition) is 0. The van der Waals surface area contributed by atoms with Crippen LogP contribution in [0.25, 0.3) is 0 Å². The van der Waals surface area contributed by atoms with Crippen molar-refractivity contribution in [3.63, 3.8) is 0 Å². The molecule has 0 aromatic heterocycles. The highest BCUT2D eigenvalue weighted by atomic mass is 16.5. The Bertz CT molecular complexity index is 1570. The van der Waals surface area contributed by atoms with Crippen LogP contribution in [0.2, 0.25) is 0 Å². The molecule has 8 nitrogen and oxygen atoms in total. The quantitative estimate of drug-likeness (QED) is 0.0878. The number of benzene rings is 2. The third-order valence-electron chi connectivity index (χ3n) is 14.0. The van der Waals surface area contributed by atoms with Crippen LogP contribution in [0.5, 0.6) is 0 Å². The van der Waals surface area contributed by atoms with E-state index in [1.807, 2.05) is 24.3 Å². The number of nitriles is 1. The molecule has 2 unspecified atom stereocenters. The molecule has 0 aliphatic carbocycles. The van der Waals surface area contributed by atoms with Crippen LogP contribution in [0, 0.1) is 43.8 Å². The first-order valence-corrected chi connectivity index (χ1v) is 20.4. The highest BCUT2D eigenvalue weighted by Crippen LogP contribution is 2.67. The van der Waals surface area contributed by atoms with Crippen molar-refractivity contribution in [1.29, 1.82) is 5.26 Å². The van der Waals surface area contributed by atoms with E-state index in [-0.39, 0.29) is 34.8 Å². The topological polar surface area (TPSA) is 104 Å². The summed E-state index contributed by atoms with van der Waals surface area (Å²) in [5, 5.41) is 17.7. The van der Waals surface area contributed by atoms with E-state index < -0.39 is 16.2 Å². The van der Waals surface area contributed by atoms with Gasteiger partial charge in [0.05, 0.1) is 47.5 Å². The Hall–Kier alpha value is -3.73. The van der Waals surface area contributed by atoms with E-state index in [9.17, 15) is 9.59 Å². The van der Waals surface area contributed by atoms with Gasteiger partial charge in [-0.05, 0) is 136 Å². The number of azo groups is 1. The Kier molecular flexibility index (Phi) is 16.5. The highest BCUT2D eigenvalue weighted by molar-refractivity contribution is 5.79. The molecule has 2 rings (SSSR count). The maximum absolute atomic E-state index is 14.7. The molecule has 2 aromatic carbocycles. The summed E-state index contributed by atoms with van der Waals surface area (Å²) in [5.41, 5.74) is 0.177. The van der Waals surface area contributed by atoms with Crippen LogP contribution in [-0.2, 0) is 19.1 Å². The third kappa shape index (κ3) is 9.55. The summed E-state index contributed by atoms with van der Waals surface area (Å²) in [5.74, 6) is -0.329. The van der Waals surface area contributed by atoms with Crippen molar-refractivity contribution in [2.45, 2.75) is 141 Å². The molecule has 0 spiro atoms. The molecular weight excluding hydrogens is 673 g/mol. The Balaban J connectivity index is 2.44. The van der Waals surface area contributed by atoms with Crippen molar-refractivity contribution in [2.75, 3.05) is 31.7 Å². The lowest BCUT2D eigenvalue weighted by molar-refractivity contribution is -0.193. The Morgan fingerprint density at radius 2 is 1.20 bits per heavy atom. The van der Waals surface area contributed by atoms with E-state index in [1.165, 1.54) is 7.11 Å². The van der Waals surface area contributed by atoms with E-state index in [2.05, 4.69) is 111 Å². The third-order valence-corrected chi connectivity index (χ3v) is 14.0. The van der Waals surface area contributed by atoms with Gasteiger partial charge in [0.25, 0.3) is 0 Å². The predicted octanol–water partition coefficient (Wildman–Crippen LogP) is 12.8. The lowest BCUT2D eigenvalue weighted by atomic mass is 9.41. The zero-order valence-corrected chi connectivity index (χ0v) is 36.3. The minimum Gasteiger partial charge on any atom is -0.469 e. The van der Waals surface area contributed by atoms with Crippen LogP contribution in [0.4, 0.5) is 17.1 Å². The van der Waals surface area contributed by atoms with Gasteiger partial charge in [0, 0.05) is 12.2 Å². The van der Waals surface area contributed by atoms with Crippen molar-refractivity contribution >= 4 is 29.0 Å². The van der Waals surface area contributed by atoms with Gasteiger partial charge in [0.15, 0.2) is 0 Å². The van der Waals surface area contributed by atoms with Crippen molar-refractivity contribution in [3.05, 3.63) is 54.1 Å². The standard InChI is InChI=1S/C46H72N4O4/c1-15-41(8,9)33-44(13,39(51)53-14)46(19-5,20-6)45(17-3,18-4)34-43(12,42(10,11)16-2)40(52)54-31-30-50(21-7)38-28-26-37(27-29-38)49-48-36-24-22-35(32-47)23-25-36/h22-29H,15-21,30-31,33-34H2,1-14H3. The first-order chi connectivity index (χ1) is 25.3. The van der Waals surface area contributed by atoms with Gasteiger partial charge in [-0.15, -0.1) is 0 Å². The zero-order chi connectivity index (χ0) is 41.0. The van der Waals surface area contributed by atoms with Gasteiger partial charge in [-0.1, -0.05) is 75.7 Å². The maximum Gasteiger partial charge on any atom is 0.312 e. The summed E-state index contributed by atoms with van der Waals surface area (Å²) in [7, 11) is 1.52. The number of carbonyl (C=O) groups excluding carboxylic acids is 2. The molecule has 8 heteroatoms. The molecule has 2 aromatic rings. The largest absolute Gasteiger partial charge is 0.469 e. The van der Waals surface area contributed by atoms with Crippen LogP contribution in [-0.4, -0.2) is 38.7 Å². The number of likely N-dealkylation sites (N-methyl/N-ethyl adjacent to an activating group) is 1. The second-order valence-electron chi connectivity index (χ2n) is 17.1. The highest BCUT2D eigenvalue weighted by Gasteiger charge is 2.64. The van der Waals surface area contributed by atoms with Crippen molar-refractivity contribution < 1.29 is 19.1 Å². The van der Waals surface area contributed by atoms with Crippen LogP contribution in [0.1, 0.15) is 147 Å². The van der Waals surface area contributed by atoms with Crippen LogP contribution in [0.3, 0.4) is 0 Å². The molecule has 0 saturated heterocycles. The number of hydrogen-bond acceptors (Lipinski definition) is 8. The normalized spacial score (nSPS) is 14.9. The summed E-state index contributed by atoms with van der Waals surface area (Å²) >= 11 is 0. The summed E-state index contributed by atoms with van der Waals surface area (Å²) in [6, 6.07) is 16.9. The lowest BCUT2D eigenvalue weighted by Crippen LogP contribution is -2.59. The predicted molar refractivity (Wildman–Crippen MR) is 222 cm³/mol. The first-order valence-electron chi connectivity index (χ1n) is 20.4. The second-order valence-corrected chi connectivity index (χ2v) is 17.1. The number of carbonyl (C=O) groups is 2. The summed E-state index contributed by atoms with van der Waals surface area (Å²) < 4.78 is 12.0. The Morgan fingerprint density at radius 1 is 0.685 bits per heavy atom. The van der Waals surface area contributed by atoms with Gasteiger partial charge in [0.2, 0.25) is 0 Å². The molecule has 0 N–H and O–H groups in total. The monoisotopic (exact) mass is 745 g/mol. The lowest BCUT2D eigenvalue weighted by Gasteiger charge is -2.62. The molecule has 0 saturated carbocycles. The van der Waals surface area contributed by atoms with Gasteiger partial charge >= 0.3 is 11.9 Å². The number of rotatable bonds is 22. The molecule has 54 heavy (non-hydrogen) atoms. The second kappa shape index (κ2) is 19.2. The molecular formula is C46H72N4O4. The Morgan fingerprint density at radius 3 is 1.61 bits per heavy atom. The molecule has 0 aliphatic heterocycles. The van der Waals surface area contributed by atoms with Crippen molar-refractivity contribution in [1.82, 2.24) is 0 Å². The average Bonchev–Trinajstić information content (AvgIpc) is 3.18. The van der Waals surface area contributed by atoms with E-state index >= 15 is 0 Å². The fourth-order valence-electron chi connectivity index (χ4n) is 9.44. The molecule has 0 radical (unpaired) electrons. The van der Waals surface area contributed by atoms with Crippen LogP contribution >= 0.6 is 0 Å². The summed E-state index contributed by atoms with van der Waals surface area (Å²) in [6.07, 6.45) is 6.35. The van der Waals surface area contributed by atoms with E-state index in [0.29, 0.717) is 30.6 Å². The van der Waals surface area contributed by atoms with Gasteiger partial charge in [-0.2, -0.15) is 15.5 Å². The van der Waals surface area contributed by atoms with E-state index in [1.54, 1.807) is 24.3 Å². The first kappa shape index (κ1) is 46.4. The summed E-state index contributed by atoms with van der Waals surface area (Å²) in [4.78, 5) is 31.1. The average molecular weight is 745 g/mol. The molecule has 0 heterocycles. The van der Waals surface area contributed by atoms with Gasteiger partial charge < -0.3 is 14.4 Å². The van der Waals surface area contributed by atoms with E-state index in [4.69, 9.17) is 14.7 Å². The number of methoxy groups -OCH3 is 1. The molecule has 0 bridgehead atoms. The SMILES string of the molecule is CCN(CCOC(=O)C(C)(CC(CC)(CC)C(CC)(CC)C(C)(CC(C)(C)CC)C(=O)OC)C(C)(C)CC)c1ccc(N=Nc2ccc(C#N)cc2)cc1. The molecule has 0 amide bonds. The zero-order valence-electron chi connectivity index (χ0n) is 36.3. The van der Waals surface area contributed by atoms with Gasteiger partial charge in [0.1, 0.15) is 6.61 Å². The minimum absolute atomic E-state index is 0.0710. The summed E-state index contributed by atoms with van der Waals surface area (Å²) in [6.45, 7) is 30.1.